The largest absolute Gasteiger partial charge is 0.481 e. The van der Waals surface area contributed by atoms with E-state index in [1.54, 1.807) is 11.0 Å². The molecular weight excluding hydrogens is 300 g/mol. The summed E-state index contributed by atoms with van der Waals surface area (Å²) in [6.07, 6.45) is -0.527. The molecule has 1 saturated heterocycles. The Morgan fingerprint density at radius 1 is 1.35 bits per heavy atom. The maximum Gasteiger partial charge on any atom is 0.306 e. The molecule has 0 bridgehead atoms. The molecule has 7 heteroatoms. The Balaban J connectivity index is 1.77. The van der Waals surface area contributed by atoms with Gasteiger partial charge in [-0.05, 0) is 11.6 Å². The van der Waals surface area contributed by atoms with E-state index in [0.29, 0.717) is 18.8 Å². The van der Waals surface area contributed by atoms with Gasteiger partial charge in [0, 0.05) is 25.2 Å². The topological polar surface area (TPSA) is 95.9 Å². The van der Waals surface area contributed by atoms with Gasteiger partial charge in [-0.1, -0.05) is 18.2 Å². The number of hydrogen-bond donors (Lipinski definition) is 2. The van der Waals surface area contributed by atoms with Crippen LogP contribution < -0.4 is 5.32 Å². The van der Waals surface area contributed by atoms with Gasteiger partial charge in [-0.2, -0.15) is 0 Å². The number of nitrogens with one attached hydrogen (secondary N) is 1. The van der Waals surface area contributed by atoms with Gasteiger partial charge in [-0.25, -0.2) is 0 Å². The van der Waals surface area contributed by atoms with Gasteiger partial charge in [0.05, 0.1) is 25.0 Å². The van der Waals surface area contributed by atoms with Crippen LogP contribution in [0.1, 0.15) is 24.3 Å². The average molecular weight is 318 g/mol. The van der Waals surface area contributed by atoms with E-state index in [9.17, 15) is 14.4 Å². The molecule has 0 radical (unpaired) electrons. The second-order valence-corrected chi connectivity index (χ2v) is 5.77. The summed E-state index contributed by atoms with van der Waals surface area (Å²) in [4.78, 5) is 37.1. The van der Waals surface area contributed by atoms with Crippen molar-refractivity contribution >= 4 is 23.5 Å². The molecule has 0 saturated carbocycles. The molecule has 2 aliphatic heterocycles. The number of benzene rings is 1. The number of rotatable bonds is 3. The summed E-state index contributed by atoms with van der Waals surface area (Å²) in [6.45, 7) is 0.963. The number of carboxylic acid groups (broad SMARTS) is 1. The van der Waals surface area contributed by atoms with Crippen molar-refractivity contribution in [3.63, 3.8) is 0 Å². The lowest BCUT2D eigenvalue weighted by atomic mass is 9.89. The van der Waals surface area contributed by atoms with E-state index in [4.69, 9.17) is 9.84 Å². The van der Waals surface area contributed by atoms with Crippen LogP contribution in [0, 0.1) is 0 Å². The Labute approximate surface area is 133 Å². The fourth-order valence-electron chi connectivity index (χ4n) is 3.09. The molecule has 2 heterocycles. The second-order valence-electron chi connectivity index (χ2n) is 5.77. The van der Waals surface area contributed by atoms with E-state index in [-0.39, 0.29) is 31.2 Å². The van der Waals surface area contributed by atoms with Gasteiger partial charge in [0.1, 0.15) is 0 Å². The second kappa shape index (κ2) is 6.37. The number of amides is 2. The number of aliphatic carboxylic acids is 1. The number of morpholine rings is 1. The zero-order valence-electron chi connectivity index (χ0n) is 12.5. The molecule has 0 aromatic heterocycles. The zero-order chi connectivity index (χ0) is 16.4. The predicted octanol–water partition coefficient (Wildman–Crippen LogP) is 0.814. The highest BCUT2D eigenvalue weighted by molar-refractivity contribution is 6.01. The number of carbonyl (C=O) groups excluding carboxylic acids is 2. The first-order valence-corrected chi connectivity index (χ1v) is 7.55. The summed E-state index contributed by atoms with van der Waals surface area (Å²) in [5, 5.41) is 11.6. The summed E-state index contributed by atoms with van der Waals surface area (Å²) in [6, 6.07) is 7.26. The van der Waals surface area contributed by atoms with Crippen LogP contribution in [0.5, 0.6) is 0 Å². The summed E-state index contributed by atoms with van der Waals surface area (Å²) >= 11 is 0. The van der Waals surface area contributed by atoms with Crippen LogP contribution in [-0.2, 0) is 19.1 Å². The summed E-state index contributed by atoms with van der Waals surface area (Å²) in [5.74, 6) is -1.81. The third kappa shape index (κ3) is 3.34. The number of para-hydroxylation sites is 1. The summed E-state index contributed by atoms with van der Waals surface area (Å²) in [5.41, 5.74) is 1.47. The van der Waals surface area contributed by atoms with Crippen molar-refractivity contribution in [1.29, 1.82) is 0 Å². The van der Waals surface area contributed by atoms with E-state index in [1.807, 2.05) is 18.2 Å². The molecule has 1 fully saturated rings. The molecule has 1 aromatic rings. The number of nitrogens with zero attached hydrogens (tertiary/aromatic N) is 1. The number of fused-ring (bicyclic) bond motifs is 1. The molecule has 23 heavy (non-hydrogen) atoms. The van der Waals surface area contributed by atoms with Crippen LogP contribution in [0.2, 0.25) is 0 Å². The van der Waals surface area contributed by atoms with Crippen molar-refractivity contribution in [2.24, 2.45) is 0 Å². The molecular formula is C16H18N2O5. The number of carbonyl (C=O) groups is 3. The third-order valence-corrected chi connectivity index (χ3v) is 4.15. The minimum Gasteiger partial charge on any atom is -0.481 e. The number of carboxylic acids is 1. The van der Waals surface area contributed by atoms with Gasteiger partial charge >= 0.3 is 5.97 Å². The van der Waals surface area contributed by atoms with Gasteiger partial charge in [-0.15, -0.1) is 0 Å². The monoisotopic (exact) mass is 318 g/mol. The van der Waals surface area contributed by atoms with Crippen molar-refractivity contribution in [3.05, 3.63) is 29.8 Å². The van der Waals surface area contributed by atoms with Crippen LogP contribution >= 0.6 is 0 Å². The first-order chi connectivity index (χ1) is 11.0. The van der Waals surface area contributed by atoms with Crippen molar-refractivity contribution in [1.82, 2.24) is 4.90 Å². The quantitative estimate of drug-likeness (QED) is 0.860. The van der Waals surface area contributed by atoms with Gasteiger partial charge in [0.2, 0.25) is 11.8 Å². The predicted molar refractivity (Wildman–Crippen MR) is 81.0 cm³/mol. The Bertz CT molecular complexity index is 645. The normalized spacial score (nSPS) is 23.8. The molecule has 3 rings (SSSR count). The average Bonchev–Trinajstić information content (AvgIpc) is 2.53. The van der Waals surface area contributed by atoms with Gasteiger partial charge < -0.3 is 20.1 Å². The molecule has 7 nitrogen and oxygen atoms in total. The van der Waals surface area contributed by atoms with Crippen LogP contribution in [0.25, 0.3) is 0 Å². The minimum atomic E-state index is -0.952. The molecule has 0 unspecified atom stereocenters. The van der Waals surface area contributed by atoms with E-state index in [2.05, 4.69) is 5.32 Å². The lowest BCUT2D eigenvalue weighted by Gasteiger charge is -2.36. The lowest BCUT2D eigenvalue weighted by Crippen LogP contribution is -2.48. The highest BCUT2D eigenvalue weighted by Crippen LogP contribution is 2.33. The SMILES string of the molecule is O=C(O)C[C@H]1CN(C(=O)[C@@H]2CC(=O)Nc3ccccc32)CCO1. The highest BCUT2D eigenvalue weighted by atomic mass is 16.5. The van der Waals surface area contributed by atoms with E-state index in [0.717, 1.165) is 5.56 Å². The van der Waals surface area contributed by atoms with Gasteiger partial charge in [0.25, 0.3) is 0 Å². The summed E-state index contributed by atoms with van der Waals surface area (Å²) in [7, 11) is 0. The van der Waals surface area contributed by atoms with Crippen molar-refractivity contribution in [2.45, 2.75) is 24.9 Å². The Kier molecular flexibility index (Phi) is 4.29. The van der Waals surface area contributed by atoms with Crippen molar-refractivity contribution in [3.8, 4) is 0 Å². The maximum absolute atomic E-state index is 12.8. The van der Waals surface area contributed by atoms with E-state index in [1.165, 1.54) is 0 Å². The summed E-state index contributed by atoms with van der Waals surface area (Å²) < 4.78 is 5.39. The first kappa shape index (κ1) is 15.5. The highest BCUT2D eigenvalue weighted by Gasteiger charge is 2.35. The molecule has 2 atom stereocenters. The van der Waals surface area contributed by atoms with Gasteiger partial charge in [-0.3, -0.25) is 14.4 Å². The molecule has 122 valence electrons. The Morgan fingerprint density at radius 3 is 2.91 bits per heavy atom. The molecule has 2 N–H and O–H groups in total. The maximum atomic E-state index is 12.8. The first-order valence-electron chi connectivity index (χ1n) is 7.55. The molecule has 0 aliphatic carbocycles. The van der Waals surface area contributed by atoms with Crippen molar-refractivity contribution in [2.75, 3.05) is 25.0 Å². The number of hydrogen-bond acceptors (Lipinski definition) is 4. The van der Waals surface area contributed by atoms with E-state index < -0.39 is 18.0 Å². The number of anilines is 1. The minimum absolute atomic E-state index is 0.108. The zero-order valence-corrected chi connectivity index (χ0v) is 12.5. The third-order valence-electron chi connectivity index (χ3n) is 4.15. The van der Waals surface area contributed by atoms with Crippen LogP contribution in [-0.4, -0.2) is 53.6 Å². The smallest absolute Gasteiger partial charge is 0.306 e. The van der Waals surface area contributed by atoms with Crippen molar-refractivity contribution < 1.29 is 24.2 Å². The fourth-order valence-corrected chi connectivity index (χ4v) is 3.09. The number of ether oxygens (including phenoxy) is 1. The van der Waals surface area contributed by atoms with Gasteiger partial charge in [0.15, 0.2) is 0 Å². The molecule has 0 spiro atoms. The molecule has 1 aromatic carbocycles. The fraction of sp³-hybridized carbons (Fsp3) is 0.438. The standard InChI is InChI=1S/C16H18N2O5/c19-14-8-12(11-3-1-2-4-13(11)17-14)16(22)18-5-6-23-10(9-18)7-15(20)21/h1-4,10,12H,5-9H2,(H,17,19)(H,20,21)/t10-,12+/m0/s1. The van der Waals surface area contributed by atoms with E-state index >= 15 is 0 Å². The molecule has 2 aliphatic rings. The lowest BCUT2D eigenvalue weighted by molar-refractivity contribution is -0.148. The van der Waals surface area contributed by atoms with Crippen LogP contribution in [0.4, 0.5) is 5.69 Å². The Hall–Kier alpha value is -2.41. The Morgan fingerprint density at radius 2 is 2.13 bits per heavy atom. The van der Waals surface area contributed by atoms with Crippen LogP contribution in [0.3, 0.4) is 0 Å². The molecule has 2 amide bonds. The van der Waals surface area contributed by atoms with Crippen LogP contribution in [0.15, 0.2) is 24.3 Å².